The Bertz CT molecular complexity index is 2160. The van der Waals surface area contributed by atoms with E-state index in [-0.39, 0.29) is 36.3 Å². The third-order valence-corrected chi connectivity index (χ3v) is 10.4. The molecule has 5 aromatic rings. The van der Waals surface area contributed by atoms with E-state index >= 15 is 0 Å². The lowest BCUT2D eigenvalue weighted by atomic mass is 9.99. The second-order valence-corrected chi connectivity index (χ2v) is 14.7. The van der Waals surface area contributed by atoms with E-state index in [0.717, 1.165) is 44.2 Å². The number of morpholine rings is 2. The van der Waals surface area contributed by atoms with Gasteiger partial charge in [0.2, 0.25) is 11.8 Å². The number of amides is 3. The van der Waals surface area contributed by atoms with E-state index in [1.165, 1.54) is 7.11 Å². The molecular weight excluding hydrogens is 688 g/mol. The number of alkyl carbamates (subject to hydrolysis) is 1. The summed E-state index contributed by atoms with van der Waals surface area (Å²) in [4.78, 5) is 58.8. The molecule has 4 atom stereocenters. The number of carbonyl (C=O) groups is 3. The normalized spacial score (nSPS) is 19.0. The van der Waals surface area contributed by atoms with Crippen LogP contribution in [0.15, 0.2) is 60.8 Å². The van der Waals surface area contributed by atoms with Crippen LogP contribution in [-0.4, -0.2) is 106 Å². The summed E-state index contributed by atoms with van der Waals surface area (Å²) in [6, 6.07) is 16.6. The van der Waals surface area contributed by atoms with E-state index in [0.29, 0.717) is 44.6 Å². The second-order valence-electron chi connectivity index (χ2n) is 14.7. The van der Waals surface area contributed by atoms with Crippen LogP contribution >= 0.6 is 0 Å². The molecule has 7 rings (SSSR count). The average Bonchev–Trinajstić information content (AvgIpc) is 3.86. The van der Waals surface area contributed by atoms with Crippen LogP contribution in [0, 0.1) is 11.8 Å². The number of hydrogen-bond acceptors (Lipinski definition) is 9. The first-order valence-electron chi connectivity index (χ1n) is 18.5. The number of H-pyrrole nitrogens is 2. The van der Waals surface area contributed by atoms with Crippen LogP contribution in [0.2, 0.25) is 0 Å². The fourth-order valence-electron chi connectivity index (χ4n) is 7.15. The van der Waals surface area contributed by atoms with Crippen molar-refractivity contribution >= 4 is 39.7 Å². The molecule has 54 heavy (non-hydrogen) atoms. The predicted molar refractivity (Wildman–Crippen MR) is 204 cm³/mol. The van der Waals surface area contributed by atoms with Crippen molar-refractivity contribution in [3.8, 4) is 22.4 Å². The Balaban J connectivity index is 1.09. The van der Waals surface area contributed by atoms with Crippen LogP contribution in [0.1, 0.15) is 51.4 Å². The minimum absolute atomic E-state index is 0.0285. The van der Waals surface area contributed by atoms with Gasteiger partial charge in [0.15, 0.2) is 0 Å². The summed E-state index contributed by atoms with van der Waals surface area (Å²) >= 11 is 0. The molecule has 0 unspecified atom stereocenters. The average molecular weight is 737 g/mol. The van der Waals surface area contributed by atoms with Crippen LogP contribution in [0.25, 0.3) is 44.2 Å². The van der Waals surface area contributed by atoms with Gasteiger partial charge in [-0.15, -0.1) is 0 Å². The first-order chi connectivity index (χ1) is 26.0. The summed E-state index contributed by atoms with van der Waals surface area (Å²) in [5.41, 5.74) is 11.8. The Kier molecular flexibility index (Phi) is 10.7. The molecule has 14 heteroatoms. The van der Waals surface area contributed by atoms with Crippen molar-refractivity contribution in [2.75, 3.05) is 46.6 Å². The number of aromatic amines is 2. The van der Waals surface area contributed by atoms with Crippen molar-refractivity contribution in [3.63, 3.8) is 0 Å². The number of carbonyl (C=O) groups excluding carboxylic acids is 3. The second kappa shape index (κ2) is 15.6. The molecule has 14 nitrogen and oxygen atoms in total. The molecule has 5 N–H and O–H groups in total. The molecule has 3 aromatic carbocycles. The molecule has 0 bridgehead atoms. The van der Waals surface area contributed by atoms with Gasteiger partial charge in [-0.1, -0.05) is 58.0 Å². The van der Waals surface area contributed by atoms with Crippen LogP contribution in [0.5, 0.6) is 0 Å². The molecule has 0 aliphatic carbocycles. The molecule has 0 spiro atoms. The van der Waals surface area contributed by atoms with Crippen molar-refractivity contribution in [2.24, 2.45) is 17.6 Å². The van der Waals surface area contributed by atoms with Crippen LogP contribution in [-0.2, 0) is 23.8 Å². The van der Waals surface area contributed by atoms with Gasteiger partial charge < -0.3 is 45.0 Å². The van der Waals surface area contributed by atoms with Crippen molar-refractivity contribution in [1.29, 1.82) is 0 Å². The molecule has 2 fully saturated rings. The summed E-state index contributed by atoms with van der Waals surface area (Å²) < 4.78 is 16.3. The van der Waals surface area contributed by atoms with Gasteiger partial charge in [-0.05, 0) is 58.0 Å². The van der Waals surface area contributed by atoms with Gasteiger partial charge in [0.25, 0.3) is 0 Å². The molecule has 2 saturated heterocycles. The maximum Gasteiger partial charge on any atom is 0.407 e. The minimum Gasteiger partial charge on any atom is -0.453 e. The molecule has 2 aliphatic heterocycles. The molecule has 2 aromatic heterocycles. The highest BCUT2D eigenvalue weighted by Crippen LogP contribution is 2.32. The summed E-state index contributed by atoms with van der Waals surface area (Å²) in [7, 11) is 1.28. The molecule has 3 amide bonds. The molecule has 4 heterocycles. The molecule has 0 saturated carbocycles. The van der Waals surface area contributed by atoms with Gasteiger partial charge in [0.1, 0.15) is 29.8 Å². The van der Waals surface area contributed by atoms with Crippen molar-refractivity contribution in [2.45, 2.75) is 51.9 Å². The van der Waals surface area contributed by atoms with Gasteiger partial charge in [0, 0.05) is 18.7 Å². The third kappa shape index (κ3) is 7.41. The Morgan fingerprint density at radius 1 is 0.815 bits per heavy atom. The number of fused-ring (bicyclic) bond motifs is 2. The largest absolute Gasteiger partial charge is 0.453 e. The zero-order valence-corrected chi connectivity index (χ0v) is 31.3. The number of ether oxygens (including phenoxy) is 3. The van der Waals surface area contributed by atoms with Gasteiger partial charge in [-0.3, -0.25) is 9.59 Å². The summed E-state index contributed by atoms with van der Waals surface area (Å²) in [6.45, 7) is 10.0. The highest BCUT2D eigenvalue weighted by atomic mass is 16.5. The summed E-state index contributed by atoms with van der Waals surface area (Å²) in [5, 5.41) is 4.82. The molecule has 284 valence electrons. The standard InChI is InChI=1S/C40H48N8O6/c1-22(2)34(41)38(49)47-12-14-54-21-33(47)37-43-29-11-10-27(18-30(29)44-37)25-6-7-26-17-28(9-8-24(26)16-25)31-19-42-36(45-31)32-20-53-15-13-48(32)39(50)35(23(3)4)46-40(51)52-5/h6-11,16-19,22-23,32-35H,12-15,20-21,41H2,1-5H3,(H,42,45)(H,43,44)(H,46,51)/t32-,33-,34-,35-/m0/s1. The zero-order valence-electron chi connectivity index (χ0n) is 31.3. The van der Waals surface area contributed by atoms with Crippen LogP contribution in [0.4, 0.5) is 4.79 Å². The Labute approximate surface area is 313 Å². The number of nitrogens with two attached hydrogens (primary N) is 1. The van der Waals surface area contributed by atoms with Gasteiger partial charge in [-0.2, -0.15) is 0 Å². The number of nitrogens with one attached hydrogen (secondary N) is 3. The number of hydrogen-bond donors (Lipinski definition) is 4. The first kappa shape index (κ1) is 37.0. The fourth-order valence-corrected chi connectivity index (χ4v) is 7.15. The predicted octanol–water partition coefficient (Wildman–Crippen LogP) is 4.94. The van der Waals surface area contributed by atoms with Gasteiger partial charge in [-0.25, -0.2) is 14.8 Å². The smallest absolute Gasteiger partial charge is 0.407 e. The molecule has 2 aliphatic rings. The van der Waals surface area contributed by atoms with E-state index in [9.17, 15) is 14.4 Å². The number of nitrogens with zero attached hydrogens (tertiary/aromatic N) is 4. The van der Waals surface area contributed by atoms with Crippen molar-refractivity contribution in [1.82, 2.24) is 35.1 Å². The lowest BCUT2D eigenvalue weighted by Crippen LogP contribution is -2.54. The van der Waals surface area contributed by atoms with Crippen molar-refractivity contribution in [3.05, 3.63) is 72.4 Å². The molecular formula is C40H48N8O6. The highest BCUT2D eigenvalue weighted by Gasteiger charge is 2.37. The number of methoxy groups -OCH3 is 1. The topological polar surface area (TPSA) is 181 Å². The third-order valence-electron chi connectivity index (χ3n) is 10.4. The monoisotopic (exact) mass is 736 g/mol. The lowest BCUT2D eigenvalue weighted by Gasteiger charge is -2.37. The van der Waals surface area contributed by atoms with E-state index in [2.05, 4.69) is 62.7 Å². The maximum absolute atomic E-state index is 13.7. The van der Waals surface area contributed by atoms with Gasteiger partial charge in [0.05, 0.1) is 62.5 Å². The van der Waals surface area contributed by atoms with E-state index < -0.39 is 24.2 Å². The zero-order chi connectivity index (χ0) is 38.1. The van der Waals surface area contributed by atoms with Crippen LogP contribution < -0.4 is 11.1 Å². The summed E-state index contributed by atoms with van der Waals surface area (Å²) in [5.74, 6) is 0.883. The maximum atomic E-state index is 13.7. The number of rotatable bonds is 9. The van der Waals surface area contributed by atoms with E-state index in [1.54, 1.807) is 16.0 Å². The number of imidazole rings is 2. The fraction of sp³-hybridized carbons (Fsp3) is 0.425. The minimum atomic E-state index is -0.745. The summed E-state index contributed by atoms with van der Waals surface area (Å²) in [6.07, 6.45) is 1.12. The number of aromatic nitrogens is 4. The Morgan fingerprint density at radius 2 is 1.43 bits per heavy atom. The number of benzene rings is 3. The SMILES string of the molecule is COC(=O)N[C@H](C(=O)N1CCOC[C@H]1c1ncc(-c2ccc3cc(-c4ccc5nc([C@@H]6COCCN6C(=O)[C@@H](N)C(C)C)[nH]c5c4)ccc3c2)[nH]1)C(C)C. The van der Waals surface area contributed by atoms with Crippen LogP contribution in [0.3, 0.4) is 0 Å². The molecule has 0 radical (unpaired) electrons. The van der Waals surface area contributed by atoms with Crippen molar-refractivity contribution < 1.29 is 28.6 Å². The Morgan fingerprint density at radius 3 is 2.09 bits per heavy atom. The highest BCUT2D eigenvalue weighted by molar-refractivity contribution is 5.92. The van der Waals surface area contributed by atoms with Gasteiger partial charge >= 0.3 is 6.09 Å². The van der Waals surface area contributed by atoms with E-state index in [1.807, 2.05) is 39.8 Å². The lowest BCUT2D eigenvalue weighted by molar-refractivity contribution is -0.144. The quantitative estimate of drug-likeness (QED) is 0.163. The Hall–Kier alpha value is -5.31. The first-order valence-corrected chi connectivity index (χ1v) is 18.5. The van der Waals surface area contributed by atoms with E-state index in [4.69, 9.17) is 24.9 Å².